The van der Waals surface area contributed by atoms with Crippen molar-refractivity contribution in [1.29, 1.82) is 0 Å². The molecule has 41 heavy (non-hydrogen) atoms. The van der Waals surface area contributed by atoms with Gasteiger partial charge in [-0.3, -0.25) is 14.7 Å². The molecule has 2 aromatic heterocycles. The monoisotopic (exact) mass is 580 g/mol. The Hall–Kier alpha value is -2.76. The SMILES string of the molecule is COc1ccc2ncc(CN3CCOCC3)c([C@@H](O)CCC3(C(=O)O)CCN(CCSc4ccccn4)CC3)c2c1. The van der Waals surface area contributed by atoms with Crippen LogP contribution in [-0.2, 0) is 16.1 Å². The van der Waals surface area contributed by atoms with E-state index in [1.807, 2.05) is 42.6 Å². The quantitative estimate of drug-likeness (QED) is 0.302. The average molecular weight is 581 g/mol. The van der Waals surface area contributed by atoms with E-state index in [1.54, 1.807) is 25.1 Å². The number of hydrogen-bond acceptors (Lipinski definition) is 9. The molecule has 0 saturated carbocycles. The number of thioether (sulfide) groups is 1. The number of carboxylic acids is 1. The van der Waals surface area contributed by atoms with E-state index in [0.29, 0.717) is 51.2 Å². The van der Waals surface area contributed by atoms with Crippen molar-refractivity contribution >= 4 is 28.6 Å². The Kier molecular flexibility index (Phi) is 10.1. The lowest BCUT2D eigenvalue weighted by atomic mass is 9.74. The molecule has 2 aliphatic heterocycles. The molecule has 0 aliphatic carbocycles. The van der Waals surface area contributed by atoms with Gasteiger partial charge in [-0.05, 0) is 80.2 Å². The molecular weight excluding hydrogens is 540 g/mol. The van der Waals surface area contributed by atoms with Crippen molar-refractivity contribution in [3.05, 3.63) is 59.9 Å². The minimum atomic E-state index is -0.837. The number of fused-ring (bicyclic) bond motifs is 1. The second-order valence-electron chi connectivity index (χ2n) is 11.0. The zero-order valence-corrected chi connectivity index (χ0v) is 24.5. The van der Waals surface area contributed by atoms with Gasteiger partial charge in [0, 0.05) is 49.7 Å². The number of hydrogen-bond donors (Lipinski definition) is 2. The summed E-state index contributed by atoms with van der Waals surface area (Å²) in [5.41, 5.74) is 1.74. The zero-order valence-electron chi connectivity index (χ0n) is 23.7. The Labute approximate surface area is 245 Å². The number of morpholine rings is 1. The third kappa shape index (κ3) is 7.37. The first-order valence-corrected chi connectivity index (χ1v) is 15.4. The van der Waals surface area contributed by atoms with Gasteiger partial charge in [-0.15, -0.1) is 11.8 Å². The summed E-state index contributed by atoms with van der Waals surface area (Å²) in [7, 11) is 1.63. The molecule has 0 amide bonds. The molecule has 5 rings (SSSR count). The number of aliphatic hydroxyl groups is 1. The topological polar surface area (TPSA) is 108 Å². The summed E-state index contributed by atoms with van der Waals surface area (Å²) in [6.45, 7) is 6.06. The van der Waals surface area contributed by atoms with Crippen LogP contribution in [0.1, 0.15) is 42.9 Å². The van der Waals surface area contributed by atoms with Crippen LogP contribution in [0, 0.1) is 5.41 Å². The molecule has 1 atom stereocenters. The van der Waals surface area contributed by atoms with Crippen LogP contribution in [0.3, 0.4) is 0 Å². The lowest BCUT2D eigenvalue weighted by Gasteiger charge is -2.39. The van der Waals surface area contributed by atoms with Crippen LogP contribution in [-0.4, -0.2) is 94.8 Å². The number of carboxylic acid groups (broad SMARTS) is 1. The van der Waals surface area contributed by atoms with Gasteiger partial charge in [0.25, 0.3) is 0 Å². The summed E-state index contributed by atoms with van der Waals surface area (Å²) in [4.78, 5) is 26.3. The Balaban J connectivity index is 1.27. The lowest BCUT2D eigenvalue weighted by molar-refractivity contribution is -0.153. The highest BCUT2D eigenvalue weighted by molar-refractivity contribution is 7.99. The number of benzene rings is 1. The van der Waals surface area contributed by atoms with Crippen molar-refractivity contribution in [3.8, 4) is 5.75 Å². The number of aliphatic carboxylic acids is 1. The van der Waals surface area contributed by atoms with E-state index in [4.69, 9.17) is 9.47 Å². The predicted molar refractivity (Wildman–Crippen MR) is 159 cm³/mol. The van der Waals surface area contributed by atoms with Gasteiger partial charge < -0.3 is 24.6 Å². The standard InChI is InChI=1S/C31H40N4O5S/c1-39-24-5-6-26-25(20-24)29(23(21-33-26)22-35-14-17-40-18-15-35)27(36)7-8-31(30(37)38)9-12-34(13-10-31)16-19-41-28-4-2-3-11-32-28/h2-6,11,20-21,27,36H,7-10,12-19,22H2,1H3,(H,37,38)/t27-/m0/s1. The lowest BCUT2D eigenvalue weighted by Crippen LogP contribution is -2.45. The third-order valence-corrected chi connectivity index (χ3v) is 9.41. The molecule has 1 aromatic carbocycles. The Morgan fingerprint density at radius 2 is 1.93 bits per heavy atom. The van der Waals surface area contributed by atoms with Crippen LogP contribution in [0.4, 0.5) is 0 Å². The number of carbonyl (C=O) groups is 1. The van der Waals surface area contributed by atoms with Gasteiger partial charge in [0.15, 0.2) is 0 Å². The Morgan fingerprint density at radius 1 is 1.12 bits per heavy atom. The molecule has 2 aliphatic rings. The van der Waals surface area contributed by atoms with Crippen molar-refractivity contribution in [1.82, 2.24) is 19.8 Å². The highest BCUT2D eigenvalue weighted by Crippen LogP contribution is 2.40. The summed E-state index contributed by atoms with van der Waals surface area (Å²) in [5, 5.41) is 23.9. The van der Waals surface area contributed by atoms with Gasteiger partial charge in [-0.25, -0.2) is 4.98 Å². The molecule has 0 radical (unpaired) electrons. The molecule has 10 heteroatoms. The normalized spacial score (nSPS) is 18.8. The number of likely N-dealkylation sites (tertiary alicyclic amines) is 1. The molecule has 2 N–H and O–H groups in total. The van der Waals surface area contributed by atoms with Gasteiger partial charge in [0.1, 0.15) is 5.75 Å². The predicted octanol–water partition coefficient (Wildman–Crippen LogP) is 4.24. The third-order valence-electron chi connectivity index (χ3n) is 8.49. The second-order valence-corrected chi connectivity index (χ2v) is 12.1. The van der Waals surface area contributed by atoms with Crippen molar-refractivity contribution < 1.29 is 24.5 Å². The molecule has 0 bridgehead atoms. The van der Waals surface area contributed by atoms with E-state index < -0.39 is 17.5 Å². The van der Waals surface area contributed by atoms with Gasteiger partial charge in [0.05, 0.1) is 42.4 Å². The van der Waals surface area contributed by atoms with Crippen LogP contribution < -0.4 is 4.74 Å². The van der Waals surface area contributed by atoms with E-state index >= 15 is 0 Å². The van der Waals surface area contributed by atoms with Gasteiger partial charge in [0.2, 0.25) is 0 Å². The van der Waals surface area contributed by atoms with Gasteiger partial charge in [-0.1, -0.05) is 6.07 Å². The molecule has 2 fully saturated rings. The van der Waals surface area contributed by atoms with E-state index in [0.717, 1.165) is 65.5 Å². The number of nitrogens with zero attached hydrogens (tertiary/aromatic N) is 4. The minimum Gasteiger partial charge on any atom is -0.497 e. The molecular formula is C31H40N4O5S. The van der Waals surface area contributed by atoms with Crippen LogP contribution >= 0.6 is 11.8 Å². The van der Waals surface area contributed by atoms with Crippen molar-refractivity contribution in [2.75, 3.05) is 58.8 Å². The number of methoxy groups -OCH3 is 1. The summed E-state index contributed by atoms with van der Waals surface area (Å²) in [6, 6.07) is 11.6. The molecule has 9 nitrogen and oxygen atoms in total. The molecule has 3 aromatic rings. The Bertz CT molecular complexity index is 1300. The number of piperidine rings is 1. The summed E-state index contributed by atoms with van der Waals surface area (Å²) >= 11 is 1.72. The first-order valence-electron chi connectivity index (χ1n) is 14.4. The fourth-order valence-corrected chi connectivity index (χ4v) is 6.79. The van der Waals surface area contributed by atoms with Crippen LogP contribution in [0.5, 0.6) is 5.75 Å². The average Bonchev–Trinajstić information content (AvgIpc) is 3.01. The maximum Gasteiger partial charge on any atom is 0.309 e. The number of ether oxygens (including phenoxy) is 2. The van der Waals surface area contributed by atoms with Crippen LogP contribution in [0.25, 0.3) is 10.9 Å². The summed E-state index contributed by atoms with van der Waals surface area (Å²) in [6.07, 6.45) is 4.79. The van der Waals surface area contributed by atoms with E-state index in [2.05, 4.69) is 19.8 Å². The van der Waals surface area contributed by atoms with Gasteiger partial charge in [-0.2, -0.15) is 0 Å². The maximum absolute atomic E-state index is 12.6. The molecule has 0 unspecified atom stereocenters. The van der Waals surface area contributed by atoms with Crippen molar-refractivity contribution in [2.45, 2.75) is 43.4 Å². The zero-order chi connectivity index (χ0) is 28.7. The second kappa shape index (κ2) is 13.9. The Morgan fingerprint density at radius 3 is 2.63 bits per heavy atom. The van der Waals surface area contributed by atoms with Crippen molar-refractivity contribution in [3.63, 3.8) is 0 Å². The number of aromatic nitrogens is 2. The van der Waals surface area contributed by atoms with E-state index in [1.165, 1.54) is 0 Å². The van der Waals surface area contributed by atoms with Gasteiger partial charge >= 0.3 is 5.97 Å². The fourth-order valence-electron chi connectivity index (χ4n) is 5.92. The van der Waals surface area contributed by atoms with E-state index in [-0.39, 0.29) is 0 Å². The smallest absolute Gasteiger partial charge is 0.309 e. The largest absolute Gasteiger partial charge is 0.497 e. The first-order chi connectivity index (χ1) is 20.0. The molecule has 2 saturated heterocycles. The van der Waals surface area contributed by atoms with Crippen molar-refractivity contribution in [2.24, 2.45) is 5.41 Å². The minimum absolute atomic E-state index is 0.369. The summed E-state index contributed by atoms with van der Waals surface area (Å²) < 4.78 is 11.0. The summed E-state index contributed by atoms with van der Waals surface area (Å²) in [5.74, 6) is 0.856. The molecule has 220 valence electrons. The number of pyridine rings is 2. The van der Waals surface area contributed by atoms with Crippen LogP contribution in [0.15, 0.2) is 53.8 Å². The van der Waals surface area contributed by atoms with Crippen LogP contribution in [0.2, 0.25) is 0 Å². The maximum atomic E-state index is 12.6. The van der Waals surface area contributed by atoms with E-state index in [9.17, 15) is 15.0 Å². The first kappa shape index (κ1) is 29.7. The molecule has 4 heterocycles. The number of rotatable bonds is 12. The fraction of sp³-hybridized carbons (Fsp3) is 0.516. The molecule has 0 spiro atoms. The highest BCUT2D eigenvalue weighted by Gasteiger charge is 2.41. The highest BCUT2D eigenvalue weighted by atomic mass is 32.2. The number of aliphatic hydroxyl groups excluding tert-OH is 1.